The first-order valence-electron chi connectivity index (χ1n) is 6.34. The van der Waals surface area contributed by atoms with E-state index < -0.39 is 11.4 Å². The third-order valence-corrected chi connectivity index (χ3v) is 3.88. The lowest BCUT2D eigenvalue weighted by molar-refractivity contribution is 0.0510. The molecule has 0 aliphatic rings. The molecule has 0 heterocycles. The number of benzene rings is 2. The first-order chi connectivity index (χ1) is 9.85. The quantitative estimate of drug-likeness (QED) is 0.889. The van der Waals surface area contributed by atoms with Gasteiger partial charge in [-0.1, -0.05) is 29.3 Å². The highest BCUT2D eigenvalue weighted by Gasteiger charge is 2.31. The van der Waals surface area contributed by atoms with Gasteiger partial charge in [-0.25, -0.2) is 4.39 Å². The number of ether oxygens (including phenoxy) is 1. The van der Waals surface area contributed by atoms with Crippen molar-refractivity contribution in [1.82, 2.24) is 0 Å². The molecule has 0 aromatic heterocycles. The fourth-order valence-electron chi connectivity index (χ4n) is 2.34. The summed E-state index contributed by atoms with van der Waals surface area (Å²) < 4.78 is 19.3. The zero-order chi connectivity index (χ0) is 15.6. The standard InChI is InChI=1S/C16H15Cl2FO2/c1-16(20,9-10-8-11(17)6-7-12(10)18)15-13(19)4-3-5-14(15)21-2/h3-8,20H,9H2,1-2H3. The van der Waals surface area contributed by atoms with Crippen molar-refractivity contribution in [3.63, 3.8) is 0 Å². The smallest absolute Gasteiger partial charge is 0.133 e. The Hall–Kier alpha value is -1.29. The Morgan fingerprint density at radius 1 is 1.24 bits per heavy atom. The van der Waals surface area contributed by atoms with Crippen LogP contribution in [0.5, 0.6) is 5.75 Å². The molecular weight excluding hydrogens is 314 g/mol. The first-order valence-corrected chi connectivity index (χ1v) is 7.10. The van der Waals surface area contributed by atoms with Crippen LogP contribution in [-0.2, 0) is 12.0 Å². The lowest BCUT2D eigenvalue weighted by atomic mass is 9.88. The number of halogens is 3. The maximum atomic E-state index is 14.1. The van der Waals surface area contributed by atoms with E-state index in [1.807, 2.05) is 0 Å². The Morgan fingerprint density at radius 2 is 1.95 bits per heavy atom. The highest BCUT2D eigenvalue weighted by molar-refractivity contribution is 6.33. The summed E-state index contributed by atoms with van der Waals surface area (Å²) in [5.41, 5.74) is -0.742. The molecule has 2 aromatic carbocycles. The fourth-order valence-corrected chi connectivity index (χ4v) is 2.71. The molecule has 0 spiro atoms. The van der Waals surface area contributed by atoms with Crippen molar-refractivity contribution >= 4 is 23.2 Å². The van der Waals surface area contributed by atoms with Gasteiger partial charge < -0.3 is 9.84 Å². The van der Waals surface area contributed by atoms with Gasteiger partial charge in [-0.05, 0) is 42.8 Å². The Morgan fingerprint density at radius 3 is 2.62 bits per heavy atom. The van der Waals surface area contributed by atoms with Gasteiger partial charge >= 0.3 is 0 Å². The summed E-state index contributed by atoms with van der Waals surface area (Å²) in [5.74, 6) is -0.240. The maximum Gasteiger partial charge on any atom is 0.133 e. The molecule has 0 saturated heterocycles. The van der Waals surface area contributed by atoms with Crippen molar-refractivity contribution < 1.29 is 14.2 Å². The molecule has 0 radical (unpaired) electrons. The number of aliphatic hydroxyl groups is 1. The summed E-state index contributed by atoms with van der Waals surface area (Å²) in [7, 11) is 1.43. The van der Waals surface area contributed by atoms with Crippen LogP contribution in [0.2, 0.25) is 10.0 Å². The Kier molecular flexibility index (Phi) is 4.77. The van der Waals surface area contributed by atoms with E-state index in [4.69, 9.17) is 27.9 Å². The molecule has 1 atom stereocenters. The maximum absolute atomic E-state index is 14.1. The Labute approximate surface area is 133 Å². The van der Waals surface area contributed by atoms with Crippen molar-refractivity contribution in [2.75, 3.05) is 7.11 Å². The molecule has 1 unspecified atom stereocenters. The van der Waals surface area contributed by atoms with E-state index in [1.165, 1.54) is 26.2 Å². The average Bonchev–Trinajstić information content (AvgIpc) is 2.42. The second kappa shape index (κ2) is 6.22. The summed E-state index contributed by atoms with van der Waals surface area (Å²) in [6.07, 6.45) is 0.115. The molecule has 5 heteroatoms. The molecule has 2 rings (SSSR count). The van der Waals surface area contributed by atoms with Crippen LogP contribution in [0.15, 0.2) is 36.4 Å². The summed E-state index contributed by atoms with van der Waals surface area (Å²) in [5, 5.41) is 11.7. The van der Waals surface area contributed by atoms with E-state index in [-0.39, 0.29) is 17.7 Å². The topological polar surface area (TPSA) is 29.5 Å². The number of methoxy groups -OCH3 is 1. The Balaban J connectivity index is 2.45. The highest BCUT2D eigenvalue weighted by Crippen LogP contribution is 2.36. The summed E-state index contributed by atoms with van der Waals surface area (Å²) >= 11 is 12.1. The molecule has 1 N–H and O–H groups in total. The average molecular weight is 329 g/mol. The summed E-state index contributed by atoms with van der Waals surface area (Å²) in [4.78, 5) is 0. The normalized spacial score (nSPS) is 13.8. The van der Waals surface area contributed by atoms with Crippen molar-refractivity contribution in [3.05, 3.63) is 63.4 Å². The van der Waals surface area contributed by atoms with E-state index in [0.29, 0.717) is 15.6 Å². The summed E-state index contributed by atoms with van der Waals surface area (Å²) in [6, 6.07) is 9.38. The van der Waals surface area contributed by atoms with Gasteiger partial charge in [0.2, 0.25) is 0 Å². The van der Waals surface area contributed by atoms with E-state index in [9.17, 15) is 9.50 Å². The van der Waals surface area contributed by atoms with Crippen molar-refractivity contribution in [3.8, 4) is 5.75 Å². The molecule has 2 nitrogen and oxygen atoms in total. The molecule has 0 aliphatic heterocycles. The van der Waals surface area contributed by atoms with Gasteiger partial charge in [0.25, 0.3) is 0 Å². The minimum Gasteiger partial charge on any atom is -0.496 e. The number of rotatable bonds is 4. The molecule has 2 aromatic rings. The third-order valence-electron chi connectivity index (χ3n) is 3.28. The lowest BCUT2D eigenvalue weighted by Gasteiger charge is -2.26. The van der Waals surface area contributed by atoms with E-state index in [0.717, 1.165) is 0 Å². The van der Waals surface area contributed by atoms with Crippen molar-refractivity contribution in [2.45, 2.75) is 18.9 Å². The van der Waals surface area contributed by atoms with Gasteiger partial charge in [0, 0.05) is 16.5 Å². The molecular formula is C16H15Cl2FO2. The fraction of sp³-hybridized carbons (Fsp3) is 0.250. The molecule has 0 bridgehead atoms. The van der Waals surface area contributed by atoms with Crippen LogP contribution in [0.1, 0.15) is 18.1 Å². The van der Waals surface area contributed by atoms with Crippen LogP contribution in [0.4, 0.5) is 4.39 Å². The van der Waals surface area contributed by atoms with Gasteiger partial charge in [-0.3, -0.25) is 0 Å². The van der Waals surface area contributed by atoms with Crippen LogP contribution >= 0.6 is 23.2 Å². The van der Waals surface area contributed by atoms with Crippen LogP contribution < -0.4 is 4.74 Å². The minimum atomic E-state index is -1.48. The predicted octanol–water partition coefficient (Wildman–Crippen LogP) is 4.59. The molecule has 21 heavy (non-hydrogen) atoms. The van der Waals surface area contributed by atoms with Crippen LogP contribution in [0.25, 0.3) is 0 Å². The molecule has 112 valence electrons. The second-order valence-corrected chi connectivity index (χ2v) is 5.85. The van der Waals surface area contributed by atoms with Crippen molar-refractivity contribution in [1.29, 1.82) is 0 Å². The monoisotopic (exact) mass is 328 g/mol. The minimum absolute atomic E-state index is 0.101. The second-order valence-electron chi connectivity index (χ2n) is 5.00. The van der Waals surface area contributed by atoms with E-state index >= 15 is 0 Å². The molecule has 0 aliphatic carbocycles. The molecule has 0 fully saturated rings. The van der Waals surface area contributed by atoms with Gasteiger partial charge in [0.1, 0.15) is 11.6 Å². The third kappa shape index (κ3) is 3.49. The lowest BCUT2D eigenvalue weighted by Crippen LogP contribution is -2.26. The van der Waals surface area contributed by atoms with E-state index in [2.05, 4.69) is 0 Å². The summed E-state index contributed by atoms with van der Waals surface area (Å²) in [6.45, 7) is 1.52. The van der Waals surface area contributed by atoms with E-state index in [1.54, 1.807) is 24.3 Å². The predicted molar refractivity (Wildman–Crippen MR) is 82.7 cm³/mol. The Bertz CT molecular complexity index is 657. The molecule has 0 saturated carbocycles. The highest BCUT2D eigenvalue weighted by atomic mass is 35.5. The van der Waals surface area contributed by atoms with Crippen LogP contribution in [0.3, 0.4) is 0 Å². The van der Waals surface area contributed by atoms with Gasteiger partial charge in [0.05, 0.1) is 18.3 Å². The van der Waals surface area contributed by atoms with Gasteiger partial charge in [-0.2, -0.15) is 0 Å². The largest absolute Gasteiger partial charge is 0.496 e. The zero-order valence-electron chi connectivity index (χ0n) is 11.7. The van der Waals surface area contributed by atoms with Gasteiger partial charge in [-0.15, -0.1) is 0 Å². The first kappa shape index (κ1) is 16.1. The number of hydrogen-bond acceptors (Lipinski definition) is 2. The SMILES string of the molecule is COc1cccc(F)c1C(C)(O)Cc1cc(Cl)ccc1Cl. The van der Waals surface area contributed by atoms with Gasteiger partial charge in [0.15, 0.2) is 0 Å². The van der Waals surface area contributed by atoms with Crippen LogP contribution in [-0.4, -0.2) is 12.2 Å². The number of hydrogen-bond donors (Lipinski definition) is 1. The van der Waals surface area contributed by atoms with Crippen LogP contribution in [0, 0.1) is 5.82 Å². The van der Waals surface area contributed by atoms with Crippen molar-refractivity contribution in [2.24, 2.45) is 0 Å². The zero-order valence-corrected chi connectivity index (χ0v) is 13.2. The molecule has 0 amide bonds.